The number of non-ortho nitro benzene ring substituents is 1. The summed E-state index contributed by atoms with van der Waals surface area (Å²) in [5.74, 6) is -0.164. The van der Waals surface area contributed by atoms with Crippen LogP contribution in [0.25, 0.3) is 0 Å². The van der Waals surface area contributed by atoms with E-state index in [2.05, 4.69) is 11.9 Å². The molecular weight excluding hydrogens is 350 g/mol. The summed E-state index contributed by atoms with van der Waals surface area (Å²) in [7, 11) is 0. The number of nitrogens with one attached hydrogen (secondary N) is 2. The topological polar surface area (TPSA) is 76.7 Å². The van der Waals surface area contributed by atoms with Crippen molar-refractivity contribution in [2.75, 3.05) is 18.4 Å². The predicted octanol–water partition coefficient (Wildman–Crippen LogP) is 2.52. The van der Waals surface area contributed by atoms with Gasteiger partial charge in [0.25, 0.3) is 11.6 Å². The molecule has 24 heavy (non-hydrogen) atoms. The van der Waals surface area contributed by atoms with Crippen LogP contribution in [0.2, 0.25) is 4.34 Å². The first-order chi connectivity index (χ1) is 11.5. The molecule has 1 amide bonds. The molecule has 8 heteroatoms. The number of nitro benzene ring substituents is 1. The van der Waals surface area contributed by atoms with Crippen LogP contribution >= 0.6 is 22.9 Å². The fourth-order valence-electron chi connectivity index (χ4n) is 2.20. The lowest BCUT2D eigenvalue weighted by molar-refractivity contribution is -0.899. The lowest BCUT2D eigenvalue weighted by Gasteiger charge is -2.16. The minimum absolute atomic E-state index is 0.0125. The Morgan fingerprint density at radius 2 is 2.04 bits per heavy atom. The van der Waals surface area contributed by atoms with Crippen molar-refractivity contribution in [2.24, 2.45) is 0 Å². The first-order valence-electron chi connectivity index (χ1n) is 7.21. The van der Waals surface area contributed by atoms with Gasteiger partial charge in [0.15, 0.2) is 6.54 Å². The summed E-state index contributed by atoms with van der Waals surface area (Å²) >= 11 is 7.42. The largest absolute Gasteiger partial charge is 0.321 e. The lowest BCUT2D eigenvalue weighted by atomic mass is 10.3. The summed E-state index contributed by atoms with van der Waals surface area (Å²) < 4.78 is 0.721. The standard InChI is InChI=1S/C16H16ClN3O3S/c1-2-9-19(10-14-7-8-15(17)24-14)11-16(21)18-12-3-5-13(6-4-12)20(22)23/h2-8H,1,9-11H2,(H,18,21)/p+1. The van der Waals surface area contributed by atoms with Gasteiger partial charge in [0, 0.05) is 17.8 Å². The first kappa shape index (κ1) is 18.1. The normalized spacial score (nSPS) is 11.7. The van der Waals surface area contributed by atoms with Gasteiger partial charge in [0.2, 0.25) is 0 Å². The summed E-state index contributed by atoms with van der Waals surface area (Å²) in [6, 6.07) is 9.54. The molecule has 6 nitrogen and oxygen atoms in total. The van der Waals surface area contributed by atoms with E-state index in [-0.39, 0.29) is 18.1 Å². The second-order valence-electron chi connectivity index (χ2n) is 5.15. The van der Waals surface area contributed by atoms with Crippen molar-refractivity contribution in [3.8, 4) is 0 Å². The van der Waals surface area contributed by atoms with Crippen LogP contribution in [0.4, 0.5) is 11.4 Å². The van der Waals surface area contributed by atoms with Crippen LogP contribution in [0.3, 0.4) is 0 Å². The Morgan fingerprint density at radius 1 is 1.33 bits per heavy atom. The Labute approximate surface area is 148 Å². The second-order valence-corrected chi connectivity index (χ2v) is 6.95. The Balaban J connectivity index is 1.94. The molecule has 0 fully saturated rings. The number of quaternary nitrogens is 1. The number of nitrogens with zero attached hydrogens (tertiary/aromatic N) is 1. The maximum absolute atomic E-state index is 12.2. The van der Waals surface area contributed by atoms with Crippen molar-refractivity contribution in [1.29, 1.82) is 0 Å². The van der Waals surface area contributed by atoms with E-state index in [1.165, 1.54) is 35.6 Å². The first-order valence-corrected chi connectivity index (χ1v) is 8.40. The summed E-state index contributed by atoms with van der Waals surface area (Å²) in [6.07, 6.45) is 1.77. The third-order valence-electron chi connectivity index (χ3n) is 3.26. The van der Waals surface area contributed by atoms with Crippen LogP contribution in [0.5, 0.6) is 0 Å². The highest BCUT2D eigenvalue weighted by atomic mass is 35.5. The van der Waals surface area contributed by atoms with Crippen molar-refractivity contribution in [2.45, 2.75) is 6.54 Å². The molecule has 126 valence electrons. The van der Waals surface area contributed by atoms with Gasteiger partial charge in [-0.25, -0.2) is 0 Å². The molecule has 1 heterocycles. The number of benzene rings is 1. The Morgan fingerprint density at radius 3 is 2.58 bits per heavy atom. The zero-order valence-electron chi connectivity index (χ0n) is 12.8. The van der Waals surface area contributed by atoms with Gasteiger partial charge in [-0.1, -0.05) is 18.2 Å². The van der Waals surface area contributed by atoms with E-state index in [0.717, 1.165) is 14.1 Å². The lowest BCUT2D eigenvalue weighted by Crippen LogP contribution is -3.11. The maximum atomic E-state index is 12.2. The summed E-state index contributed by atoms with van der Waals surface area (Å²) in [6.45, 7) is 5.31. The third kappa shape index (κ3) is 5.45. The number of carbonyl (C=O) groups is 1. The molecular formula is C16H17ClN3O3S+. The minimum Gasteiger partial charge on any atom is -0.321 e. The zero-order valence-corrected chi connectivity index (χ0v) is 14.4. The number of hydrogen-bond donors (Lipinski definition) is 2. The van der Waals surface area contributed by atoms with E-state index in [9.17, 15) is 14.9 Å². The fraction of sp³-hybridized carbons (Fsp3) is 0.188. The van der Waals surface area contributed by atoms with Crippen molar-refractivity contribution in [1.82, 2.24) is 0 Å². The number of halogens is 1. The van der Waals surface area contributed by atoms with E-state index >= 15 is 0 Å². The van der Waals surface area contributed by atoms with Crippen LogP contribution in [0.1, 0.15) is 4.88 Å². The highest BCUT2D eigenvalue weighted by Crippen LogP contribution is 2.20. The van der Waals surface area contributed by atoms with Gasteiger partial charge in [0.1, 0.15) is 6.54 Å². The minimum atomic E-state index is -0.478. The van der Waals surface area contributed by atoms with E-state index in [0.29, 0.717) is 18.8 Å². The van der Waals surface area contributed by atoms with Gasteiger partial charge in [-0.3, -0.25) is 14.9 Å². The molecule has 0 spiro atoms. The van der Waals surface area contributed by atoms with Gasteiger partial charge in [0.05, 0.1) is 20.7 Å². The molecule has 0 saturated carbocycles. The van der Waals surface area contributed by atoms with Crippen LogP contribution < -0.4 is 10.2 Å². The van der Waals surface area contributed by atoms with Crippen LogP contribution in [0.15, 0.2) is 49.1 Å². The van der Waals surface area contributed by atoms with Gasteiger partial charge in [-0.2, -0.15) is 0 Å². The number of carbonyl (C=O) groups excluding carboxylic acids is 1. The number of amides is 1. The molecule has 1 unspecified atom stereocenters. The molecule has 2 N–H and O–H groups in total. The number of rotatable bonds is 8. The van der Waals surface area contributed by atoms with E-state index in [1.54, 1.807) is 6.08 Å². The molecule has 2 aromatic rings. The zero-order chi connectivity index (χ0) is 17.5. The van der Waals surface area contributed by atoms with Crippen molar-refractivity contribution >= 4 is 40.2 Å². The summed E-state index contributed by atoms with van der Waals surface area (Å²) in [5, 5.41) is 13.4. The monoisotopic (exact) mass is 366 g/mol. The summed E-state index contributed by atoms with van der Waals surface area (Å²) in [4.78, 5) is 24.5. The molecule has 0 aliphatic rings. The van der Waals surface area contributed by atoms with Gasteiger partial charge < -0.3 is 10.2 Å². The Bertz CT molecular complexity index is 730. The summed E-state index contributed by atoms with van der Waals surface area (Å²) in [5.41, 5.74) is 0.518. The quantitative estimate of drug-likeness (QED) is 0.428. The van der Waals surface area contributed by atoms with E-state index in [4.69, 9.17) is 11.6 Å². The van der Waals surface area contributed by atoms with Crippen molar-refractivity contribution in [3.63, 3.8) is 0 Å². The molecule has 1 aromatic heterocycles. The van der Waals surface area contributed by atoms with Crippen molar-refractivity contribution in [3.05, 3.63) is 68.4 Å². The van der Waals surface area contributed by atoms with E-state index < -0.39 is 4.92 Å². The SMILES string of the molecule is C=CC[NH+](CC(=O)Nc1ccc([N+](=O)[O-])cc1)Cc1ccc(Cl)s1. The molecule has 0 aliphatic heterocycles. The van der Waals surface area contributed by atoms with Gasteiger partial charge in [-0.15, -0.1) is 11.3 Å². The number of hydrogen-bond acceptors (Lipinski definition) is 4. The molecule has 1 atom stereocenters. The second kappa shape index (κ2) is 8.58. The molecule has 2 rings (SSSR count). The fourth-order valence-corrected chi connectivity index (χ4v) is 3.36. The molecule has 0 saturated heterocycles. The third-order valence-corrected chi connectivity index (χ3v) is 4.49. The average molecular weight is 367 g/mol. The van der Waals surface area contributed by atoms with Crippen molar-refractivity contribution < 1.29 is 14.6 Å². The number of nitro groups is 1. The number of thiophene rings is 1. The predicted molar refractivity (Wildman–Crippen MR) is 95.7 cm³/mol. The Hall–Kier alpha value is -2.22. The molecule has 0 radical (unpaired) electrons. The maximum Gasteiger partial charge on any atom is 0.279 e. The highest BCUT2D eigenvalue weighted by molar-refractivity contribution is 7.16. The molecule has 0 bridgehead atoms. The number of anilines is 1. The van der Waals surface area contributed by atoms with Gasteiger partial charge >= 0.3 is 0 Å². The smallest absolute Gasteiger partial charge is 0.279 e. The van der Waals surface area contributed by atoms with Crippen LogP contribution in [-0.2, 0) is 11.3 Å². The Kier molecular flexibility index (Phi) is 6.48. The van der Waals surface area contributed by atoms with E-state index in [1.807, 2.05) is 12.1 Å². The average Bonchev–Trinajstić information content (AvgIpc) is 2.93. The van der Waals surface area contributed by atoms with Gasteiger partial charge in [-0.05, 0) is 30.3 Å². The molecule has 0 aliphatic carbocycles. The highest BCUT2D eigenvalue weighted by Gasteiger charge is 2.15. The van der Waals surface area contributed by atoms with Crippen LogP contribution in [0, 0.1) is 10.1 Å². The molecule has 1 aromatic carbocycles. The van der Waals surface area contributed by atoms with Crippen LogP contribution in [-0.4, -0.2) is 23.9 Å².